The van der Waals surface area contributed by atoms with Gasteiger partial charge in [0.1, 0.15) is 13.2 Å². The van der Waals surface area contributed by atoms with Crippen LogP contribution >= 0.6 is 0 Å². The van der Waals surface area contributed by atoms with Gasteiger partial charge >= 0.3 is 0 Å². The molecule has 1 aromatic carbocycles. The topological polar surface area (TPSA) is 44.5 Å². The van der Waals surface area contributed by atoms with Gasteiger partial charge in [0, 0.05) is 6.04 Å². The maximum absolute atomic E-state index is 5.78. The second-order valence-electron chi connectivity index (χ2n) is 4.86. The Hall–Kier alpha value is -1.22. The lowest BCUT2D eigenvalue weighted by Gasteiger charge is -2.20. The number of rotatable bonds is 4. The van der Waals surface area contributed by atoms with E-state index >= 15 is 0 Å². The van der Waals surface area contributed by atoms with Crippen molar-refractivity contribution in [3.05, 3.63) is 23.8 Å². The molecule has 2 atom stereocenters. The number of nitrogens with two attached hydrogens (primary N) is 1. The Morgan fingerprint density at radius 1 is 1.12 bits per heavy atom. The third kappa shape index (κ3) is 3.13. The molecular formula is C14H21NO2. The lowest BCUT2D eigenvalue weighted by Crippen LogP contribution is -2.16. The van der Waals surface area contributed by atoms with Gasteiger partial charge in [-0.2, -0.15) is 0 Å². The molecule has 0 radical (unpaired) electrons. The van der Waals surface area contributed by atoms with E-state index in [2.05, 4.69) is 26.0 Å². The second-order valence-corrected chi connectivity index (χ2v) is 4.86. The molecule has 2 N–H and O–H groups in total. The molecule has 17 heavy (non-hydrogen) atoms. The largest absolute Gasteiger partial charge is 0.486 e. The van der Waals surface area contributed by atoms with Crippen LogP contribution < -0.4 is 15.2 Å². The van der Waals surface area contributed by atoms with Crippen molar-refractivity contribution in [3.63, 3.8) is 0 Å². The minimum Gasteiger partial charge on any atom is -0.486 e. The van der Waals surface area contributed by atoms with Gasteiger partial charge in [-0.05, 0) is 43.4 Å². The van der Waals surface area contributed by atoms with E-state index in [0.717, 1.165) is 24.3 Å². The maximum atomic E-state index is 5.78. The lowest BCUT2D eigenvalue weighted by molar-refractivity contribution is 0.171. The molecule has 1 aliphatic rings. The van der Waals surface area contributed by atoms with Crippen LogP contribution in [0.3, 0.4) is 0 Å². The Morgan fingerprint density at radius 3 is 2.53 bits per heavy atom. The van der Waals surface area contributed by atoms with Gasteiger partial charge in [-0.15, -0.1) is 0 Å². The maximum Gasteiger partial charge on any atom is 0.161 e. The Labute approximate surface area is 103 Å². The summed E-state index contributed by atoms with van der Waals surface area (Å²) in [5, 5.41) is 0. The predicted octanol–water partition coefficient (Wildman–Crippen LogP) is 2.69. The Bertz CT molecular complexity index is 376. The highest BCUT2D eigenvalue weighted by Crippen LogP contribution is 2.34. The first kappa shape index (κ1) is 12.2. The molecule has 0 spiro atoms. The van der Waals surface area contributed by atoms with E-state index in [1.807, 2.05) is 6.07 Å². The van der Waals surface area contributed by atoms with Crippen molar-refractivity contribution in [2.75, 3.05) is 13.2 Å². The molecule has 0 bridgehead atoms. The predicted molar refractivity (Wildman–Crippen MR) is 68.7 cm³/mol. The van der Waals surface area contributed by atoms with Gasteiger partial charge in [0.15, 0.2) is 11.5 Å². The van der Waals surface area contributed by atoms with E-state index in [-0.39, 0.29) is 6.04 Å². The molecule has 1 aliphatic heterocycles. The van der Waals surface area contributed by atoms with Gasteiger partial charge in [-0.1, -0.05) is 13.0 Å². The van der Waals surface area contributed by atoms with Gasteiger partial charge in [0.05, 0.1) is 0 Å². The van der Waals surface area contributed by atoms with Crippen LogP contribution in [0.15, 0.2) is 18.2 Å². The van der Waals surface area contributed by atoms with Crippen molar-refractivity contribution in [1.82, 2.24) is 0 Å². The first-order chi connectivity index (χ1) is 8.16. The number of ether oxygens (including phenoxy) is 2. The minimum absolute atomic E-state index is 0.273. The van der Waals surface area contributed by atoms with E-state index in [1.165, 1.54) is 5.56 Å². The monoisotopic (exact) mass is 235 g/mol. The van der Waals surface area contributed by atoms with Crippen molar-refractivity contribution in [1.29, 1.82) is 0 Å². The third-order valence-corrected chi connectivity index (χ3v) is 3.19. The minimum atomic E-state index is 0.273. The van der Waals surface area contributed by atoms with Crippen molar-refractivity contribution < 1.29 is 9.47 Å². The zero-order valence-electron chi connectivity index (χ0n) is 10.6. The fourth-order valence-corrected chi connectivity index (χ4v) is 2.05. The van der Waals surface area contributed by atoms with Crippen LogP contribution in [0.4, 0.5) is 0 Å². The standard InChI is InChI=1S/C14H21NO2/c1-10(3-4-11(2)15)12-5-6-13-14(9-12)17-8-7-16-13/h5-6,9-11H,3-4,7-8,15H2,1-2H3. The molecular weight excluding hydrogens is 214 g/mol. The summed E-state index contributed by atoms with van der Waals surface area (Å²) in [6.07, 6.45) is 2.16. The number of hydrogen-bond donors (Lipinski definition) is 1. The highest BCUT2D eigenvalue weighted by atomic mass is 16.6. The fourth-order valence-electron chi connectivity index (χ4n) is 2.05. The van der Waals surface area contributed by atoms with Gasteiger partial charge in [0.25, 0.3) is 0 Å². The summed E-state index contributed by atoms with van der Waals surface area (Å²) in [5.74, 6) is 2.25. The molecule has 0 amide bonds. The summed E-state index contributed by atoms with van der Waals surface area (Å²) < 4.78 is 11.1. The second kappa shape index (κ2) is 5.41. The molecule has 1 aromatic rings. The van der Waals surface area contributed by atoms with Crippen molar-refractivity contribution >= 4 is 0 Å². The van der Waals surface area contributed by atoms with Crippen molar-refractivity contribution in [2.45, 2.75) is 38.6 Å². The highest BCUT2D eigenvalue weighted by Gasteiger charge is 2.14. The van der Waals surface area contributed by atoms with E-state index < -0.39 is 0 Å². The molecule has 0 saturated carbocycles. The first-order valence-corrected chi connectivity index (χ1v) is 6.32. The summed E-state index contributed by atoms with van der Waals surface area (Å²) in [7, 11) is 0. The highest BCUT2D eigenvalue weighted by molar-refractivity contribution is 5.44. The van der Waals surface area contributed by atoms with Gasteiger partial charge in [-0.25, -0.2) is 0 Å². The smallest absolute Gasteiger partial charge is 0.161 e. The van der Waals surface area contributed by atoms with Gasteiger partial charge in [0.2, 0.25) is 0 Å². The van der Waals surface area contributed by atoms with Crippen LogP contribution in [-0.4, -0.2) is 19.3 Å². The zero-order valence-corrected chi connectivity index (χ0v) is 10.6. The average molecular weight is 235 g/mol. The Balaban J connectivity index is 2.05. The van der Waals surface area contributed by atoms with E-state index in [9.17, 15) is 0 Å². The van der Waals surface area contributed by atoms with Crippen LogP contribution in [0, 0.1) is 0 Å². The lowest BCUT2D eigenvalue weighted by atomic mass is 9.94. The molecule has 0 aromatic heterocycles. The Kier molecular flexibility index (Phi) is 3.89. The quantitative estimate of drug-likeness (QED) is 0.872. The van der Waals surface area contributed by atoms with Gasteiger partial charge < -0.3 is 15.2 Å². The average Bonchev–Trinajstić information content (AvgIpc) is 2.35. The van der Waals surface area contributed by atoms with Crippen LogP contribution in [-0.2, 0) is 0 Å². The summed E-state index contributed by atoms with van der Waals surface area (Å²) in [4.78, 5) is 0. The molecule has 2 unspecified atom stereocenters. The number of fused-ring (bicyclic) bond motifs is 1. The van der Waals surface area contributed by atoms with E-state index in [1.54, 1.807) is 0 Å². The SMILES string of the molecule is CC(N)CCC(C)c1ccc2c(c1)OCCO2. The van der Waals surface area contributed by atoms with Gasteiger partial charge in [-0.3, -0.25) is 0 Å². The van der Waals surface area contributed by atoms with E-state index in [0.29, 0.717) is 19.1 Å². The summed E-state index contributed by atoms with van der Waals surface area (Å²) >= 11 is 0. The van der Waals surface area contributed by atoms with Crippen LogP contribution in [0.1, 0.15) is 38.2 Å². The van der Waals surface area contributed by atoms with Crippen LogP contribution in [0.2, 0.25) is 0 Å². The molecule has 94 valence electrons. The summed E-state index contributed by atoms with van der Waals surface area (Å²) in [6.45, 7) is 5.57. The Morgan fingerprint density at radius 2 is 1.82 bits per heavy atom. The van der Waals surface area contributed by atoms with Crippen LogP contribution in [0.5, 0.6) is 11.5 Å². The number of hydrogen-bond acceptors (Lipinski definition) is 3. The summed E-state index contributed by atoms with van der Waals surface area (Å²) in [6, 6.07) is 6.50. The molecule has 1 heterocycles. The first-order valence-electron chi connectivity index (χ1n) is 6.32. The molecule has 3 nitrogen and oxygen atoms in total. The van der Waals surface area contributed by atoms with Crippen molar-refractivity contribution in [2.24, 2.45) is 5.73 Å². The molecule has 3 heteroatoms. The molecule has 0 saturated heterocycles. The molecule has 0 fully saturated rings. The third-order valence-electron chi connectivity index (χ3n) is 3.19. The molecule has 2 rings (SSSR count). The number of benzene rings is 1. The summed E-state index contributed by atoms with van der Waals surface area (Å²) in [5.41, 5.74) is 7.09. The normalized spacial score (nSPS) is 17.6. The van der Waals surface area contributed by atoms with E-state index in [4.69, 9.17) is 15.2 Å². The van der Waals surface area contributed by atoms with Crippen molar-refractivity contribution in [3.8, 4) is 11.5 Å². The fraction of sp³-hybridized carbons (Fsp3) is 0.571. The zero-order chi connectivity index (χ0) is 12.3. The van der Waals surface area contributed by atoms with Crippen LogP contribution in [0.25, 0.3) is 0 Å². The molecule has 0 aliphatic carbocycles.